The summed E-state index contributed by atoms with van der Waals surface area (Å²) in [5, 5.41) is 12.1. The van der Waals surface area contributed by atoms with Gasteiger partial charge in [0.2, 0.25) is 12.5 Å². The number of hydrogen-bond donors (Lipinski definition) is 1. The Morgan fingerprint density at radius 3 is 2.19 bits per heavy atom. The molecule has 1 atom stereocenters. The van der Waals surface area contributed by atoms with Crippen LogP contribution in [0.3, 0.4) is 0 Å². The first kappa shape index (κ1) is 21.6. The summed E-state index contributed by atoms with van der Waals surface area (Å²) in [6.07, 6.45) is 4.19. The lowest BCUT2D eigenvalue weighted by molar-refractivity contribution is 0.0539. The van der Waals surface area contributed by atoms with Gasteiger partial charge in [0.05, 0.1) is 21.3 Å². The second kappa shape index (κ2) is 9.24. The molecule has 2 aliphatic rings. The van der Waals surface area contributed by atoms with Crippen LogP contribution in [0, 0.1) is 0 Å². The van der Waals surface area contributed by atoms with E-state index in [1.54, 1.807) is 21.3 Å². The molecule has 2 aromatic carbocycles. The average molecular weight is 430 g/mol. The molecule has 1 saturated heterocycles. The number of piperidine rings is 1. The molecule has 0 spiro atoms. The molecule has 0 radical (unpaired) electrons. The van der Waals surface area contributed by atoms with E-state index in [2.05, 4.69) is 4.90 Å². The van der Waals surface area contributed by atoms with E-state index in [1.165, 1.54) is 19.3 Å². The summed E-state index contributed by atoms with van der Waals surface area (Å²) in [7, 11) is 4.73. The van der Waals surface area contributed by atoms with E-state index in [0.29, 0.717) is 40.7 Å². The highest BCUT2D eigenvalue weighted by molar-refractivity contribution is 5.57. The molecule has 168 valence electrons. The van der Waals surface area contributed by atoms with Crippen LogP contribution >= 0.6 is 0 Å². The van der Waals surface area contributed by atoms with Gasteiger partial charge >= 0.3 is 0 Å². The third-order valence-electron chi connectivity index (χ3n) is 6.23. The molecular formula is C24H31NO6. The zero-order valence-corrected chi connectivity index (χ0v) is 18.5. The van der Waals surface area contributed by atoms with Crippen molar-refractivity contribution < 1.29 is 28.8 Å². The lowest BCUT2D eigenvalue weighted by Crippen LogP contribution is -2.37. The summed E-state index contributed by atoms with van der Waals surface area (Å²) in [6, 6.07) is 9.25. The van der Waals surface area contributed by atoms with Crippen molar-refractivity contribution in [2.24, 2.45) is 0 Å². The fourth-order valence-corrected chi connectivity index (χ4v) is 4.43. The Kier molecular flexibility index (Phi) is 6.43. The van der Waals surface area contributed by atoms with Gasteiger partial charge in [-0.25, -0.2) is 0 Å². The van der Waals surface area contributed by atoms with Gasteiger partial charge in [0.25, 0.3) is 0 Å². The van der Waals surface area contributed by atoms with Gasteiger partial charge in [-0.3, -0.25) is 0 Å². The van der Waals surface area contributed by atoms with Crippen molar-refractivity contribution in [2.45, 2.75) is 31.3 Å². The minimum atomic E-state index is -1.27. The number of likely N-dealkylation sites (tertiary alicyclic amines) is 1. The van der Waals surface area contributed by atoms with Crippen molar-refractivity contribution in [3.8, 4) is 28.7 Å². The second-order valence-electron chi connectivity index (χ2n) is 7.99. The zero-order chi connectivity index (χ0) is 21.8. The SMILES string of the molecule is COc1cc(C(O)(CCN2CCCCC2)c2ccc3c(c2)OCO3)cc(OC)c1OC. The fraction of sp³-hybridized carbons (Fsp3) is 0.500. The maximum absolute atomic E-state index is 12.1. The Hall–Kier alpha value is -2.64. The van der Waals surface area contributed by atoms with E-state index in [1.807, 2.05) is 30.3 Å². The van der Waals surface area contributed by atoms with E-state index in [-0.39, 0.29) is 6.79 Å². The van der Waals surface area contributed by atoms with Gasteiger partial charge in [-0.05, 0) is 67.7 Å². The molecule has 2 aromatic rings. The summed E-state index contributed by atoms with van der Waals surface area (Å²) in [4.78, 5) is 2.42. The molecule has 1 unspecified atom stereocenters. The molecule has 7 heteroatoms. The molecule has 0 aromatic heterocycles. The average Bonchev–Trinajstić information content (AvgIpc) is 3.30. The van der Waals surface area contributed by atoms with Crippen LogP contribution in [-0.2, 0) is 5.60 Å². The number of benzene rings is 2. The molecule has 0 bridgehead atoms. The van der Waals surface area contributed by atoms with E-state index in [4.69, 9.17) is 23.7 Å². The number of fused-ring (bicyclic) bond motifs is 1. The maximum Gasteiger partial charge on any atom is 0.231 e. The number of nitrogens with zero attached hydrogens (tertiary/aromatic N) is 1. The van der Waals surface area contributed by atoms with Crippen LogP contribution in [0.15, 0.2) is 30.3 Å². The van der Waals surface area contributed by atoms with Crippen LogP contribution in [0.25, 0.3) is 0 Å². The summed E-state index contributed by atoms with van der Waals surface area (Å²) in [6.45, 7) is 3.09. The monoisotopic (exact) mass is 429 g/mol. The highest BCUT2D eigenvalue weighted by atomic mass is 16.7. The first-order valence-electron chi connectivity index (χ1n) is 10.7. The molecule has 0 saturated carbocycles. The van der Waals surface area contributed by atoms with Gasteiger partial charge in [-0.2, -0.15) is 0 Å². The van der Waals surface area contributed by atoms with Crippen LogP contribution < -0.4 is 23.7 Å². The predicted octanol–water partition coefficient (Wildman–Crippen LogP) is 3.55. The van der Waals surface area contributed by atoms with Crippen molar-refractivity contribution in [1.29, 1.82) is 0 Å². The Balaban J connectivity index is 1.76. The molecule has 4 rings (SSSR count). The van der Waals surface area contributed by atoms with Gasteiger partial charge in [0.1, 0.15) is 5.60 Å². The molecular weight excluding hydrogens is 398 g/mol. The van der Waals surface area contributed by atoms with E-state index < -0.39 is 5.60 Å². The number of hydrogen-bond acceptors (Lipinski definition) is 7. The Morgan fingerprint density at radius 1 is 0.871 bits per heavy atom. The van der Waals surface area contributed by atoms with Gasteiger partial charge in [0.15, 0.2) is 23.0 Å². The van der Waals surface area contributed by atoms with Gasteiger partial charge in [-0.1, -0.05) is 12.5 Å². The molecule has 2 heterocycles. The van der Waals surface area contributed by atoms with Crippen LogP contribution in [0.2, 0.25) is 0 Å². The maximum atomic E-state index is 12.1. The minimum Gasteiger partial charge on any atom is -0.493 e. The van der Waals surface area contributed by atoms with Crippen LogP contribution in [0.1, 0.15) is 36.8 Å². The quantitative estimate of drug-likeness (QED) is 0.688. The summed E-state index contributed by atoms with van der Waals surface area (Å²) < 4.78 is 27.6. The Labute approximate surface area is 183 Å². The lowest BCUT2D eigenvalue weighted by atomic mass is 9.82. The highest BCUT2D eigenvalue weighted by Crippen LogP contribution is 2.45. The number of aliphatic hydroxyl groups is 1. The predicted molar refractivity (Wildman–Crippen MR) is 117 cm³/mol. The number of rotatable bonds is 8. The summed E-state index contributed by atoms with van der Waals surface area (Å²) in [5.74, 6) is 2.84. The van der Waals surface area contributed by atoms with Crippen molar-refractivity contribution in [3.05, 3.63) is 41.5 Å². The van der Waals surface area contributed by atoms with E-state index in [9.17, 15) is 5.11 Å². The third-order valence-corrected chi connectivity index (χ3v) is 6.23. The molecule has 2 aliphatic heterocycles. The van der Waals surface area contributed by atoms with Crippen molar-refractivity contribution in [2.75, 3.05) is 47.8 Å². The summed E-state index contributed by atoms with van der Waals surface area (Å²) in [5.41, 5.74) is 0.145. The van der Waals surface area contributed by atoms with Crippen LogP contribution in [0.4, 0.5) is 0 Å². The molecule has 1 fully saturated rings. The minimum absolute atomic E-state index is 0.190. The summed E-state index contributed by atoms with van der Waals surface area (Å²) >= 11 is 0. The molecule has 7 nitrogen and oxygen atoms in total. The Morgan fingerprint density at radius 2 is 1.55 bits per heavy atom. The second-order valence-corrected chi connectivity index (χ2v) is 7.99. The first-order valence-corrected chi connectivity index (χ1v) is 10.7. The van der Waals surface area contributed by atoms with E-state index in [0.717, 1.165) is 25.2 Å². The number of ether oxygens (including phenoxy) is 5. The first-order chi connectivity index (χ1) is 15.1. The molecule has 0 amide bonds. The van der Waals surface area contributed by atoms with Crippen molar-refractivity contribution in [1.82, 2.24) is 4.90 Å². The molecule has 31 heavy (non-hydrogen) atoms. The fourth-order valence-electron chi connectivity index (χ4n) is 4.43. The largest absolute Gasteiger partial charge is 0.493 e. The van der Waals surface area contributed by atoms with Crippen molar-refractivity contribution >= 4 is 0 Å². The Bertz CT molecular complexity index is 886. The van der Waals surface area contributed by atoms with Gasteiger partial charge in [0, 0.05) is 6.54 Å². The topological polar surface area (TPSA) is 69.6 Å². The smallest absolute Gasteiger partial charge is 0.231 e. The van der Waals surface area contributed by atoms with Gasteiger partial charge in [-0.15, -0.1) is 0 Å². The lowest BCUT2D eigenvalue weighted by Gasteiger charge is -2.34. The standard InChI is InChI=1S/C24H31NO6/c1-27-21-14-18(15-22(28-2)23(21)29-3)24(26,9-12-25-10-5-4-6-11-25)17-7-8-19-20(13-17)31-16-30-19/h7-8,13-15,26H,4-6,9-12,16H2,1-3H3. The van der Waals surface area contributed by atoms with Crippen LogP contribution in [0.5, 0.6) is 28.7 Å². The van der Waals surface area contributed by atoms with E-state index >= 15 is 0 Å². The highest BCUT2D eigenvalue weighted by Gasteiger charge is 2.35. The molecule has 1 N–H and O–H groups in total. The molecule has 0 aliphatic carbocycles. The number of methoxy groups -OCH3 is 3. The van der Waals surface area contributed by atoms with Crippen molar-refractivity contribution in [3.63, 3.8) is 0 Å². The van der Waals surface area contributed by atoms with Gasteiger partial charge < -0.3 is 33.7 Å². The van der Waals surface area contributed by atoms with Crippen LogP contribution in [-0.4, -0.2) is 57.8 Å². The third kappa shape index (κ3) is 4.25. The normalized spacial score (nSPS) is 17.8. The zero-order valence-electron chi connectivity index (χ0n) is 18.5.